The van der Waals surface area contributed by atoms with Crippen molar-refractivity contribution < 1.29 is 9.66 Å². The molecule has 0 aliphatic rings. The van der Waals surface area contributed by atoms with Crippen molar-refractivity contribution in [3.05, 3.63) is 56.6 Å². The van der Waals surface area contributed by atoms with Gasteiger partial charge in [-0.2, -0.15) is 0 Å². The highest BCUT2D eigenvalue weighted by Crippen LogP contribution is 2.40. The van der Waals surface area contributed by atoms with E-state index in [-0.39, 0.29) is 27.9 Å². The average Bonchev–Trinajstić information content (AvgIpc) is 2.43. The number of ether oxygens (including phenoxy) is 1. The number of nitro groups is 1. The smallest absolute Gasteiger partial charge is 0.335 e. The van der Waals surface area contributed by atoms with Gasteiger partial charge in [-0.3, -0.25) is 16.0 Å². The summed E-state index contributed by atoms with van der Waals surface area (Å²) in [5.41, 5.74) is 2.09. The Bertz CT molecular complexity index is 664. The number of para-hydroxylation sites is 1. The number of benzene rings is 2. The van der Waals surface area contributed by atoms with E-state index >= 15 is 0 Å². The Morgan fingerprint density at radius 1 is 1.15 bits per heavy atom. The molecule has 0 bridgehead atoms. The summed E-state index contributed by atoms with van der Waals surface area (Å²) in [4.78, 5) is 10.5. The van der Waals surface area contributed by atoms with Crippen molar-refractivity contribution >= 4 is 34.6 Å². The lowest BCUT2D eigenvalue weighted by Crippen LogP contribution is -2.09. The number of hydrazine groups is 1. The van der Waals surface area contributed by atoms with Crippen LogP contribution in [0.5, 0.6) is 11.5 Å². The Kier molecular flexibility index (Phi) is 4.29. The molecular weight excluding hydrogens is 305 g/mol. The molecule has 2 aromatic carbocycles. The minimum Gasteiger partial charge on any atom is -0.448 e. The van der Waals surface area contributed by atoms with Gasteiger partial charge in [-0.1, -0.05) is 35.3 Å². The molecule has 0 unspecified atom stereocenters. The third-order valence-corrected chi connectivity index (χ3v) is 3.27. The minimum atomic E-state index is -0.594. The van der Waals surface area contributed by atoms with E-state index < -0.39 is 4.92 Å². The number of hydrogen-bond acceptors (Lipinski definition) is 5. The largest absolute Gasteiger partial charge is 0.448 e. The van der Waals surface area contributed by atoms with Gasteiger partial charge in [-0.05, 0) is 24.3 Å². The van der Waals surface area contributed by atoms with E-state index in [1.165, 1.54) is 12.1 Å². The van der Waals surface area contributed by atoms with Crippen LogP contribution in [0.2, 0.25) is 10.0 Å². The van der Waals surface area contributed by atoms with Crippen LogP contribution in [-0.2, 0) is 0 Å². The molecule has 6 nitrogen and oxygen atoms in total. The predicted molar refractivity (Wildman–Crippen MR) is 77.4 cm³/mol. The van der Waals surface area contributed by atoms with Gasteiger partial charge in [0.05, 0.1) is 9.95 Å². The zero-order chi connectivity index (χ0) is 14.7. The van der Waals surface area contributed by atoms with Crippen LogP contribution in [0.15, 0.2) is 36.4 Å². The lowest BCUT2D eigenvalue weighted by Gasteiger charge is -2.10. The standard InChI is InChI=1S/C12H9Cl2N3O3/c13-7-3-1-5-9(11(7)14)20-10-6-2-4-8(16-15)12(10)17(18)19/h1-6,16H,15H2. The second-order valence-electron chi connectivity index (χ2n) is 3.71. The number of halogens is 2. The van der Waals surface area contributed by atoms with Crippen LogP contribution in [0.1, 0.15) is 0 Å². The van der Waals surface area contributed by atoms with Gasteiger partial charge in [0.25, 0.3) is 0 Å². The van der Waals surface area contributed by atoms with Crippen molar-refractivity contribution in [3.8, 4) is 11.5 Å². The van der Waals surface area contributed by atoms with E-state index in [4.69, 9.17) is 33.8 Å². The zero-order valence-electron chi connectivity index (χ0n) is 9.97. The molecule has 0 atom stereocenters. The summed E-state index contributed by atoms with van der Waals surface area (Å²) >= 11 is 11.8. The first-order chi connectivity index (χ1) is 9.54. The van der Waals surface area contributed by atoms with E-state index in [2.05, 4.69) is 5.43 Å². The second kappa shape index (κ2) is 5.96. The molecule has 0 aliphatic carbocycles. The molecule has 104 valence electrons. The van der Waals surface area contributed by atoms with Gasteiger partial charge in [0.1, 0.15) is 16.5 Å². The Balaban J connectivity index is 2.48. The van der Waals surface area contributed by atoms with Crippen LogP contribution in [-0.4, -0.2) is 4.92 Å². The summed E-state index contributed by atoms with van der Waals surface area (Å²) in [6.07, 6.45) is 0. The fourth-order valence-corrected chi connectivity index (χ4v) is 1.92. The van der Waals surface area contributed by atoms with E-state index in [0.29, 0.717) is 5.02 Å². The molecule has 2 aromatic rings. The van der Waals surface area contributed by atoms with Crippen molar-refractivity contribution in [2.24, 2.45) is 5.84 Å². The number of nitrogens with two attached hydrogens (primary N) is 1. The first kappa shape index (κ1) is 14.4. The molecule has 0 fully saturated rings. The van der Waals surface area contributed by atoms with E-state index in [1.54, 1.807) is 24.3 Å². The molecule has 0 aliphatic heterocycles. The summed E-state index contributed by atoms with van der Waals surface area (Å²) in [5, 5.41) is 11.6. The lowest BCUT2D eigenvalue weighted by molar-refractivity contribution is -0.384. The highest BCUT2D eigenvalue weighted by Gasteiger charge is 2.22. The number of nitrogens with one attached hydrogen (secondary N) is 1. The topological polar surface area (TPSA) is 90.4 Å². The van der Waals surface area contributed by atoms with Crippen molar-refractivity contribution in [2.45, 2.75) is 0 Å². The number of nitrogens with zero attached hydrogens (tertiary/aromatic N) is 1. The fourth-order valence-electron chi connectivity index (χ4n) is 1.59. The SMILES string of the molecule is NNc1cccc(Oc2cccc(Cl)c2Cl)c1[N+](=O)[O-]. The van der Waals surface area contributed by atoms with Gasteiger partial charge >= 0.3 is 5.69 Å². The Morgan fingerprint density at radius 2 is 1.80 bits per heavy atom. The van der Waals surface area contributed by atoms with Gasteiger partial charge in [-0.25, -0.2) is 0 Å². The monoisotopic (exact) mass is 313 g/mol. The summed E-state index contributed by atoms with van der Waals surface area (Å²) < 4.78 is 5.47. The molecule has 0 aromatic heterocycles. The molecule has 0 spiro atoms. The zero-order valence-corrected chi connectivity index (χ0v) is 11.5. The number of hydrogen-bond donors (Lipinski definition) is 2. The van der Waals surface area contributed by atoms with Gasteiger partial charge in [-0.15, -0.1) is 0 Å². The second-order valence-corrected chi connectivity index (χ2v) is 4.49. The molecule has 0 heterocycles. The summed E-state index contributed by atoms with van der Waals surface area (Å²) in [7, 11) is 0. The van der Waals surface area contributed by atoms with Crippen LogP contribution in [0.25, 0.3) is 0 Å². The molecule has 20 heavy (non-hydrogen) atoms. The Labute approximate surface area is 124 Å². The summed E-state index contributed by atoms with van der Waals surface area (Å²) in [5.74, 6) is 5.48. The van der Waals surface area contributed by atoms with Crippen LogP contribution in [0.4, 0.5) is 11.4 Å². The van der Waals surface area contributed by atoms with Crippen LogP contribution < -0.4 is 16.0 Å². The fraction of sp³-hybridized carbons (Fsp3) is 0. The predicted octanol–water partition coefficient (Wildman–Crippen LogP) is 3.98. The first-order valence-electron chi connectivity index (χ1n) is 5.40. The van der Waals surface area contributed by atoms with Crippen molar-refractivity contribution in [1.29, 1.82) is 0 Å². The van der Waals surface area contributed by atoms with E-state index in [1.807, 2.05) is 0 Å². The quantitative estimate of drug-likeness (QED) is 0.506. The maximum absolute atomic E-state index is 11.1. The normalized spacial score (nSPS) is 10.2. The summed E-state index contributed by atoms with van der Waals surface area (Å²) in [6.45, 7) is 0. The van der Waals surface area contributed by atoms with Crippen molar-refractivity contribution in [1.82, 2.24) is 0 Å². The van der Waals surface area contributed by atoms with Gasteiger partial charge in [0.2, 0.25) is 5.75 Å². The third kappa shape index (κ3) is 2.77. The number of nitro benzene ring substituents is 1. The average molecular weight is 314 g/mol. The van der Waals surface area contributed by atoms with Crippen LogP contribution in [0.3, 0.4) is 0 Å². The molecule has 3 N–H and O–H groups in total. The van der Waals surface area contributed by atoms with Crippen molar-refractivity contribution in [3.63, 3.8) is 0 Å². The molecule has 0 saturated carbocycles. The number of rotatable bonds is 4. The first-order valence-corrected chi connectivity index (χ1v) is 6.16. The highest BCUT2D eigenvalue weighted by molar-refractivity contribution is 6.42. The maximum atomic E-state index is 11.1. The van der Waals surface area contributed by atoms with Gasteiger partial charge < -0.3 is 10.2 Å². The molecular formula is C12H9Cl2N3O3. The number of anilines is 1. The van der Waals surface area contributed by atoms with Crippen LogP contribution >= 0.6 is 23.2 Å². The molecule has 0 radical (unpaired) electrons. The van der Waals surface area contributed by atoms with Crippen molar-refractivity contribution in [2.75, 3.05) is 5.43 Å². The van der Waals surface area contributed by atoms with Gasteiger partial charge in [0, 0.05) is 0 Å². The number of nitrogen functional groups attached to an aromatic ring is 1. The Hall–Kier alpha value is -2.02. The van der Waals surface area contributed by atoms with Gasteiger partial charge in [0.15, 0.2) is 0 Å². The lowest BCUT2D eigenvalue weighted by atomic mass is 10.2. The molecule has 2 rings (SSSR count). The molecule has 0 saturated heterocycles. The maximum Gasteiger partial charge on any atom is 0.335 e. The molecule has 0 amide bonds. The van der Waals surface area contributed by atoms with E-state index in [9.17, 15) is 10.1 Å². The minimum absolute atomic E-state index is 0.00890. The summed E-state index contributed by atoms with van der Waals surface area (Å²) in [6, 6.07) is 9.24. The Morgan fingerprint density at radius 3 is 2.45 bits per heavy atom. The highest BCUT2D eigenvalue weighted by atomic mass is 35.5. The third-order valence-electron chi connectivity index (χ3n) is 2.47. The van der Waals surface area contributed by atoms with Crippen LogP contribution in [0, 0.1) is 10.1 Å². The molecule has 8 heteroatoms. The van der Waals surface area contributed by atoms with E-state index in [0.717, 1.165) is 0 Å².